The van der Waals surface area contributed by atoms with Gasteiger partial charge in [-0.25, -0.2) is 4.79 Å². The van der Waals surface area contributed by atoms with Crippen LogP contribution in [0.15, 0.2) is 29.3 Å². The Morgan fingerprint density at radius 2 is 2.07 bits per heavy atom. The zero-order valence-corrected chi connectivity index (χ0v) is 8.36. The van der Waals surface area contributed by atoms with Gasteiger partial charge in [0.25, 0.3) is 0 Å². The summed E-state index contributed by atoms with van der Waals surface area (Å²) in [5.41, 5.74) is 1.39. The molecule has 1 aromatic rings. The average molecular weight is 191 g/mol. The van der Waals surface area contributed by atoms with Gasteiger partial charge in [-0.3, -0.25) is 4.99 Å². The molecule has 0 spiro atoms. The summed E-state index contributed by atoms with van der Waals surface area (Å²) in [5, 5.41) is 0. The lowest BCUT2D eigenvalue weighted by molar-refractivity contribution is 0.0526. The Balaban J connectivity index is 2.77. The van der Waals surface area contributed by atoms with E-state index in [4.69, 9.17) is 4.74 Å². The maximum atomic E-state index is 11.3. The summed E-state index contributed by atoms with van der Waals surface area (Å²) >= 11 is 0. The first-order valence-electron chi connectivity index (χ1n) is 4.53. The Kier molecular flexibility index (Phi) is 3.85. The van der Waals surface area contributed by atoms with E-state index in [0.717, 1.165) is 5.69 Å². The maximum Gasteiger partial charge on any atom is 0.338 e. The smallest absolute Gasteiger partial charge is 0.338 e. The lowest BCUT2D eigenvalue weighted by Crippen LogP contribution is -2.03. The van der Waals surface area contributed by atoms with Crippen LogP contribution in [0.5, 0.6) is 0 Å². The fourth-order valence-electron chi connectivity index (χ4n) is 1.05. The lowest BCUT2D eigenvalue weighted by atomic mass is 10.2. The minimum absolute atomic E-state index is 0.292. The fourth-order valence-corrected chi connectivity index (χ4v) is 1.05. The number of aliphatic imine (C=N–C) groups is 1. The van der Waals surface area contributed by atoms with Gasteiger partial charge in [-0.15, -0.1) is 0 Å². The second kappa shape index (κ2) is 5.17. The molecule has 0 saturated heterocycles. The van der Waals surface area contributed by atoms with E-state index in [1.807, 2.05) is 6.92 Å². The van der Waals surface area contributed by atoms with Crippen molar-refractivity contribution in [3.05, 3.63) is 29.8 Å². The molecule has 0 aromatic heterocycles. The van der Waals surface area contributed by atoms with Crippen LogP contribution in [0.4, 0.5) is 5.69 Å². The van der Waals surface area contributed by atoms with Crippen molar-refractivity contribution in [1.82, 2.24) is 0 Å². The third-order valence-electron chi connectivity index (χ3n) is 1.66. The van der Waals surface area contributed by atoms with Crippen LogP contribution in [0.2, 0.25) is 0 Å². The van der Waals surface area contributed by atoms with Crippen molar-refractivity contribution < 1.29 is 9.53 Å². The van der Waals surface area contributed by atoms with Crippen molar-refractivity contribution in [2.24, 2.45) is 4.99 Å². The summed E-state index contributed by atoms with van der Waals surface area (Å²) < 4.78 is 4.85. The van der Waals surface area contributed by atoms with Crippen LogP contribution in [0.3, 0.4) is 0 Å². The molecule has 0 N–H and O–H groups in total. The first-order valence-corrected chi connectivity index (χ1v) is 4.53. The van der Waals surface area contributed by atoms with E-state index >= 15 is 0 Å². The number of benzene rings is 1. The largest absolute Gasteiger partial charge is 0.462 e. The van der Waals surface area contributed by atoms with Crippen LogP contribution in [0.25, 0.3) is 0 Å². The monoisotopic (exact) mass is 191 g/mol. The predicted octanol–water partition coefficient (Wildman–Crippen LogP) is 2.59. The number of rotatable bonds is 3. The number of nitrogens with zero attached hydrogens (tertiary/aromatic N) is 1. The molecule has 0 fully saturated rings. The molecular weight excluding hydrogens is 178 g/mol. The summed E-state index contributed by atoms with van der Waals surface area (Å²) in [7, 11) is 0. The fraction of sp³-hybridized carbons (Fsp3) is 0.273. The van der Waals surface area contributed by atoms with Crippen molar-refractivity contribution in [2.45, 2.75) is 13.8 Å². The first kappa shape index (κ1) is 10.4. The van der Waals surface area contributed by atoms with Crippen molar-refractivity contribution in [3.8, 4) is 0 Å². The Bertz CT molecular complexity index is 328. The third-order valence-corrected chi connectivity index (χ3v) is 1.66. The zero-order valence-electron chi connectivity index (χ0n) is 8.36. The van der Waals surface area contributed by atoms with Gasteiger partial charge < -0.3 is 4.74 Å². The quantitative estimate of drug-likeness (QED) is 0.544. The highest BCUT2D eigenvalue weighted by Gasteiger charge is 2.04. The second-order valence-corrected chi connectivity index (χ2v) is 2.65. The summed E-state index contributed by atoms with van der Waals surface area (Å²) in [6.07, 6.45) is 1.71. The molecule has 0 aliphatic rings. The van der Waals surface area contributed by atoms with Crippen LogP contribution in [-0.4, -0.2) is 18.8 Å². The van der Waals surface area contributed by atoms with Gasteiger partial charge in [0.1, 0.15) is 0 Å². The van der Waals surface area contributed by atoms with Crippen molar-refractivity contribution in [1.29, 1.82) is 0 Å². The molecule has 0 aliphatic carbocycles. The van der Waals surface area contributed by atoms with Crippen molar-refractivity contribution >= 4 is 17.9 Å². The molecule has 0 heterocycles. The Morgan fingerprint density at radius 3 is 2.57 bits per heavy atom. The lowest BCUT2D eigenvalue weighted by Gasteiger charge is -2.01. The topological polar surface area (TPSA) is 38.7 Å². The Labute approximate surface area is 83.4 Å². The van der Waals surface area contributed by atoms with Gasteiger partial charge in [0.05, 0.1) is 17.9 Å². The summed E-state index contributed by atoms with van der Waals surface area (Å²) in [5.74, 6) is -0.292. The SMILES string of the molecule is CC=Nc1ccc(C(=O)OCC)cc1. The zero-order chi connectivity index (χ0) is 10.4. The van der Waals surface area contributed by atoms with Gasteiger partial charge >= 0.3 is 5.97 Å². The Morgan fingerprint density at radius 1 is 1.43 bits per heavy atom. The summed E-state index contributed by atoms with van der Waals surface area (Å²) in [6.45, 7) is 4.03. The molecule has 0 radical (unpaired) electrons. The van der Waals surface area contributed by atoms with Gasteiger partial charge in [0, 0.05) is 6.21 Å². The number of hydrogen-bond acceptors (Lipinski definition) is 3. The maximum absolute atomic E-state index is 11.3. The van der Waals surface area contributed by atoms with E-state index < -0.39 is 0 Å². The molecule has 0 amide bonds. The molecule has 0 aliphatic heterocycles. The van der Waals surface area contributed by atoms with Crippen LogP contribution in [0.1, 0.15) is 24.2 Å². The second-order valence-electron chi connectivity index (χ2n) is 2.65. The highest BCUT2D eigenvalue weighted by atomic mass is 16.5. The number of hydrogen-bond donors (Lipinski definition) is 0. The van der Waals surface area contributed by atoms with Gasteiger partial charge in [-0.05, 0) is 38.1 Å². The van der Waals surface area contributed by atoms with Crippen LogP contribution < -0.4 is 0 Å². The highest BCUT2D eigenvalue weighted by Crippen LogP contribution is 2.12. The van der Waals surface area contributed by atoms with Crippen LogP contribution >= 0.6 is 0 Å². The average Bonchev–Trinajstić information content (AvgIpc) is 2.20. The standard InChI is InChI=1S/C11H13NO2/c1-3-12-10-7-5-9(6-8-10)11(13)14-4-2/h3,5-8H,4H2,1-2H3. The molecule has 0 unspecified atom stereocenters. The van der Waals surface area contributed by atoms with Gasteiger partial charge in [-0.1, -0.05) is 0 Å². The van der Waals surface area contributed by atoms with Crippen LogP contribution in [-0.2, 0) is 4.74 Å². The van der Waals surface area contributed by atoms with Crippen LogP contribution in [0, 0.1) is 0 Å². The number of ether oxygens (including phenoxy) is 1. The molecule has 1 rings (SSSR count). The molecule has 1 aromatic carbocycles. The molecule has 0 atom stereocenters. The minimum Gasteiger partial charge on any atom is -0.462 e. The van der Waals surface area contributed by atoms with Gasteiger partial charge in [-0.2, -0.15) is 0 Å². The van der Waals surface area contributed by atoms with Gasteiger partial charge in [0.15, 0.2) is 0 Å². The molecule has 14 heavy (non-hydrogen) atoms. The van der Waals surface area contributed by atoms with E-state index in [0.29, 0.717) is 12.2 Å². The van der Waals surface area contributed by atoms with E-state index in [2.05, 4.69) is 4.99 Å². The van der Waals surface area contributed by atoms with Gasteiger partial charge in [0.2, 0.25) is 0 Å². The minimum atomic E-state index is -0.292. The number of carbonyl (C=O) groups excluding carboxylic acids is 1. The third kappa shape index (κ3) is 2.69. The van der Waals surface area contributed by atoms with E-state index in [9.17, 15) is 4.79 Å². The van der Waals surface area contributed by atoms with Crippen molar-refractivity contribution in [3.63, 3.8) is 0 Å². The molecular formula is C11H13NO2. The molecule has 0 saturated carbocycles. The first-order chi connectivity index (χ1) is 6.77. The highest BCUT2D eigenvalue weighted by molar-refractivity contribution is 5.89. The summed E-state index contributed by atoms with van der Waals surface area (Å²) in [4.78, 5) is 15.3. The van der Waals surface area contributed by atoms with E-state index in [1.54, 1.807) is 37.4 Å². The molecule has 0 bridgehead atoms. The molecule has 74 valence electrons. The molecule has 3 heteroatoms. The number of carbonyl (C=O) groups is 1. The van der Waals surface area contributed by atoms with E-state index in [-0.39, 0.29) is 5.97 Å². The number of esters is 1. The molecule has 3 nitrogen and oxygen atoms in total. The summed E-state index contributed by atoms with van der Waals surface area (Å²) in [6, 6.07) is 6.99. The Hall–Kier alpha value is -1.64. The van der Waals surface area contributed by atoms with E-state index in [1.165, 1.54) is 0 Å². The normalized spacial score (nSPS) is 10.4. The van der Waals surface area contributed by atoms with Crippen molar-refractivity contribution in [2.75, 3.05) is 6.61 Å². The predicted molar refractivity (Wildman–Crippen MR) is 56.2 cm³/mol.